The number of nitrogens with two attached hydrogens (primary N) is 1. The summed E-state index contributed by atoms with van der Waals surface area (Å²) < 4.78 is 26.5. The van der Waals surface area contributed by atoms with E-state index >= 15 is 0 Å². The maximum atomic E-state index is 13.2. The molecular weight excluding hydrogens is 230 g/mol. The summed E-state index contributed by atoms with van der Waals surface area (Å²) in [7, 11) is 0. The van der Waals surface area contributed by atoms with Gasteiger partial charge in [-0.1, -0.05) is 30.3 Å². The van der Waals surface area contributed by atoms with Gasteiger partial charge >= 0.3 is 5.92 Å². The number of halogens is 2. The number of thiazole rings is 1. The van der Waals surface area contributed by atoms with Gasteiger partial charge in [0.15, 0.2) is 5.01 Å². The number of benzene rings is 1. The highest BCUT2D eigenvalue weighted by molar-refractivity contribution is 7.10. The highest BCUT2D eigenvalue weighted by Gasteiger charge is 2.33. The fourth-order valence-corrected chi connectivity index (χ4v) is 2.09. The van der Waals surface area contributed by atoms with E-state index in [-0.39, 0.29) is 5.01 Å². The molecule has 0 saturated heterocycles. The van der Waals surface area contributed by atoms with Crippen molar-refractivity contribution in [1.29, 1.82) is 0 Å². The Kier molecular flexibility index (Phi) is 2.98. The van der Waals surface area contributed by atoms with Gasteiger partial charge in [0.05, 0.1) is 12.2 Å². The van der Waals surface area contributed by atoms with Crippen molar-refractivity contribution in [3.8, 4) is 11.3 Å². The van der Waals surface area contributed by atoms with Crippen LogP contribution in [-0.2, 0) is 5.92 Å². The highest BCUT2D eigenvalue weighted by Crippen LogP contribution is 2.32. The van der Waals surface area contributed by atoms with Gasteiger partial charge in [-0.15, -0.1) is 11.3 Å². The molecule has 0 aliphatic heterocycles. The lowest BCUT2D eigenvalue weighted by molar-refractivity contribution is 0.00581. The topological polar surface area (TPSA) is 38.9 Å². The molecule has 2 nitrogen and oxygen atoms in total. The number of alkyl halides is 2. The molecule has 1 aromatic carbocycles. The van der Waals surface area contributed by atoms with Crippen LogP contribution in [0.15, 0.2) is 35.7 Å². The summed E-state index contributed by atoms with van der Waals surface area (Å²) in [5.41, 5.74) is 6.40. The summed E-state index contributed by atoms with van der Waals surface area (Å²) in [6.45, 7) is -0.714. The molecule has 0 unspecified atom stereocenters. The Labute approximate surface area is 95.7 Å². The molecule has 84 valence electrons. The minimum Gasteiger partial charge on any atom is -0.325 e. The van der Waals surface area contributed by atoms with E-state index < -0.39 is 12.5 Å². The smallest absolute Gasteiger partial charge is 0.310 e. The highest BCUT2D eigenvalue weighted by atomic mass is 32.1. The molecule has 0 spiro atoms. The average Bonchev–Trinajstić information content (AvgIpc) is 2.80. The summed E-state index contributed by atoms with van der Waals surface area (Å²) in [5.74, 6) is -3.03. The predicted octanol–water partition coefficient (Wildman–Crippen LogP) is 2.86. The molecule has 16 heavy (non-hydrogen) atoms. The largest absolute Gasteiger partial charge is 0.325 e. The van der Waals surface area contributed by atoms with E-state index in [1.54, 1.807) is 5.38 Å². The summed E-state index contributed by atoms with van der Waals surface area (Å²) in [6, 6.07) is 9.22. The van der Waals surface area contributed by atoms with Crippen LogP contribution >= 0.6 is 11.3 Å². The van der Waals surface area contributed by atoms with Crippen LogP contribution in [0.25, 0.3) is 11.3 Å². The summed E-state index contributed by atoms with van der Waals surface area (Å²) in [4.78, 5) is 3.91. The normalized spacial score (nSPS) is 11.7. The first-order valence-electron chi connectivity index (χ1n) is 4.73. The van der Waals surface area contributed by atoms with E-state index in [4.69, 9.17) is 5.73 Å². The molecule has 0 amide bonds. The second kappa shape index (κ2) is 4.27. The predicted molar refractivity (Wildman–Crippen MR) is 60.5 cm³/mol. The van der Waals surface area contributed by atoms with Crippen molar-refractivity contribution < 1.29 is 8.78 Å². The van der Waals surface area contributed by atoms with Crippen molar-refractivity contribution in [2.24, 2.45) is 5.73 Å². The van der Waals surface area contributed by atoms with Crippen molar-refractivity contribution >= 4 is 11.3 Å². The fourth-order valence-electron chi connectivity index (χ4n) is 1.27. The minimum atomic E-state index is -3.03. The first-order chi connectivity index (χ1) is 7.63. The molecule has 0 bridgehead atoms. The third kappa shape index (κ3) is 2.10. The molecule has 1 heterocycles. The van der Waals surface area contributed by atoms with Gasteiger partial charge < -0.3 is 5.73 Å². The Morgan fingerprint density at radius 3 is 2.56 bits per heavy atom. The van der Waals surface area contributed by atoms with Crippen molar-refractivity contribution in [1.82, 2.24) is 4.98 Å². The van der Waals surface area contributed by atoms with E-state index in [1.165, 1.54) is 0 Å². The Morgan fingerprint density at radius 2 is 1.94 bits per heavy atom. The lowest BCUT2D eigenvalue weighted by Gasteiger charge is -2.08. The molecule has 2 N–H and O–H groups in total. The first-order valence-corrected chi connectivity index (χ1v) is 5.61. The zero-order chi connectivity index (χ0) is 11.6. The lowest BCUT2D eigenvalue weighted by atomic mass is 10.2. The van der Waals surface area contributed by atoms with Crippen LogP contribution in [0.3, 0.4) is 0 Å². The quantitative estimate of drug-likeness (QED) is 0.896. The second-order valence-corrected chi connectivity index (χ2v) is 4.17. The van der Waals surface area contributed by atoms with Crippen LogP contribution in [0.4, 0.5) is 8.78 Å². The van der Waals surface area contributed by atoms with Gasteiger partial charge in [0.1, 0.15) is 0 Å². The van der Waals surface area contributed by atoms with E-state index in [0.717, 1.165) is 16.9 Å². The Balaban J connectivity index is 2.34. The minimum absolute atomic E-state index is 0.228. The van der Waals surface area contributed by atoms with E-state index in [9.17, 15) is 8.78 Å². The van der Waals surface area contributed by atoms with Crippen molar-refractivity contribution in [3.63, 3.8) is 0 Å². The van der Waals surface area contributed by atoms with Crippen molar-refractivity contribution in [3.05, 3.63) is 40.7 Å². The van der Waals surface area contributed by atoms with Crippen LogP contribution in [0.5, 0.6) is 0 Å². The van der Waals surface area contributed by atoms with Crippen LogP contribution < -0.4 is 5.73 Å². The third-order valence-corrected chi connectivity index (χ3v) is 3.10. The van der Waals surface area contributed by atoms with Gasteiger partial charge in [0.2, 0.25) is 0 Å². The van der Waals surface area contributed by atoms with Crippen LogP contribution in [0.1, 0.15) is 5.01 Å². The molecule has 0 aliphatic carbocycles. The van der Waals surface area contributed by atoms with Crippen molar-refractivity contribution in [2.45, 2.75) is 5.92 Å². The van der Waals surface area contributed by atoms with Gasteiger partial charge in [0.25, 0.3) is 0 Å². The number of aromatic nitrogens is 1. The fraction of sp³-hybridized carbons (Fsp3) is 0.182. The Hall–Kier alpha value is -1.33. The zero-order valence-electron chi connectivity index (χ0n) is 8.36. The van der Waals surface area contributed by atoms with Gasteiger partial charge in [-0.05, 0) is 0 Å². The standard InChI is InChI=1S/C11H10F2N2S/c12-11(13,7-14)10-15-9(6-16-10)8-4-2-1-3-5-8/h1-6H,7,14H2. The maximum absolute atomic E-state index is 13.2. The van der Waals surface area contributed by atoms with E-state index in [2.05, 4.69) is 4.98 Å². The summed E-state index contributed by atoms with van der Waals surface area (Å²) in [5, 5.41) is 1.39. The molecule has 0 atom stereocenters. The third-order valence-electron chi connectivity index (χ3n) is 2.14. The number of nitrogens with zero attached hydrogens (tertiary/aromatic N) is 1. The average molecular weight is 240 g/mol. The number of rotatable bonds is 3. The molecule has 5 heteroatoms. The zero-order valence-corrected chi connectivity index (χ0v) is 9.18. The van der Waals surface area contributed by atoms with E-state index in [1.807, 2.05) is 30.3 Å². The molecule has 0 fully saturated rings. The van der Waals surface area contributed by atoms with Gasteiger partial charge in [0, 0.05) is 10.9 Å². The summed E-state index contributed by atoms with van der Waals surface area (Å²) >= 11 is 0.935. The van der Waals surface area contributed by atoms with Gasteiger partial charge in [-0.25, -0.2) is 4.98 Å². The van der Waals surface area contributed by atoms with E-state index in [0.29, 0.717) is 5.69 Å². The molecule has 0 aliphatic rings. The monoisotopic (exact) mass is 240 g/mol. The number of hydrogen-bond acceptors (Lipinski definition) is 3. The summed E-state index contributed by atoms with van der Waals surface area (Å²) in [6.07, 6.45) is 0. The molecule has 2 aromatic rings. The Bertz CT molecular complexity index is 468. The molecular formula is C11H10F2N2S. The molecule has 2 rings (SSSR count). The first kappa shape index (κ1) is 11.2. The molecule has 0 saturated carbocycles. The molecule has 1 aromatic heterocycles. The van der Waals surface area contributed by atoms with Crippen LogP contribution in [0.2, 0.25) is 0 Å². The number of hydrogen-bond donors (Lipinski definition) is 1. The van der Waals surface area contributed by atoms with Crippen LogP contribution in [0, 0.1) is 0 Å². The van der Waals surface area contributed by atoms with Gasteiger partial charge in [-0.2, -0.15) is 8.78 Å². The Morgan fingerprint density at radius 1 is 1.25 bits per heavy atom. The maximum Gasteiger partial charge on any atom is 0.310 e. The molecule has 0 radical (unpaired) electrons. The van der Waals surface area contributed by atoms with Crippen LogP contribution in [-0.4, -0.2) is 11.5 Å². The SMILES string of the molecule is NCC(F)(F)c1nc(-c2ccccc2)cs1. The second-order valence-electron chi connectivity index (χ2n) is 3.31. The lowest BCUT2D eigenvalue weighted by Crippen LogP contribution is -2.24. The van der Waals surface area contributed by atoms with Crippen molar-refractivity contribution in [2.75, 3.05) is 6.54 Å². The van der Waals surface area contributed by atoms with Gasteiger partial charge in [-0.3, -0.25) is 0 Å².